The van der Waals surface area contributed by atoms with Crippen LogP contribution in [0.15, 0.2) is 0 Å². The van der Waals surface area contributed by atoms with Gasteiger partial charge in [-0.15, -0.1) is 0 Å². The summed E-state index contributed by atoms with van der Waals surface area (Å²) in [5.41, 5.74) is 0. The van der Waals surface area contributed by atoms with Crippen molar-refractivity contribution in [3.05, 3.63) is 0 Å². The van der Waals surface area contributed by atoms with Crippen LogP contribution in [0.4, 0.5) is 0 Å². The quantitative estimate of drug-likeness (QED) is 0.524. The number of aliphatic hydroxyl groups is 1. The molecule has 1 aliphatic heterocycles. The van der Waals surface area contributed by atoms with Gasteiger partial charge in [-0.25, -0.2) is 0 Å². The van der Waals surface area contributed by atoms with Crippen molar-refractivity contribution >= 4 is 5.91 Å². The van der Waals surface area contributed by atoms with Gasteiger partial charge in [-0.3, -0.25) is 4.79 Å². The van der Waals surface area contributed by atoms with Gasteiger partial charge in [-0.2, -0.15) is 0 Å². The Morgan fingerprint density at radius 1 is 1.64 bits per heavy atom. The highest BCUT2D eigenvalue weighted by molar-refractivity contribution is 5.76. The number of hydrogen-bond acceptors (Lipinski definition) is 3. The Kier molecular flexibility index (Phi) is 4.90. The zero-order valence-electron chi connectivity index (χ0n) is 8.75. The van der Waals surface area contributed by atoms with Crippen LogP contribution in [0.25, 0.3) is 0 Å². The molecule has 3 N–H and O–H groups in total. The van der Waals surface area contributed by atoms with Gasteiger partial charge in [-0.1, -0.05) is 0 Å². The van der Waals surface area contributed by atoms with E-state index in [1.165, 1.54) is 0 Å². The van der Waals surface area contributed by atoms with Gasteiger partial charge in [-0.05, 0) is 38.8 Å². The fourth-order valence-corrected chi connectivity index (χ4v) is 1.45. The molecule has 0 bridgehead atoms. The summed E-state index contributed by atoms with van der Waals surface area (Å²) in [6.45, 7) is 4.40. The van der Waals surface area contributed by atoms with Crippen LogP contribution in [-0.2, 0) is 4.79 Å². The number of carbonyl (C=O) groups is 1. The molecular formula is C10H20N2O2. The summed E-state index contributed by atoms with van der Waals surface area (Å²) in [7, 11) is 0. The largest absolute Gasteiger partial charge is 0.393 e. The number of aliphatic hydroxyl groups excluding tert-OH is 1. The molecule has 4 nitrogen and oxygen atoms in total. The SMILES string of the molecule is CC(O)CCCNC(=O)CC1CNC1. The fraction of sp³-hybridized carbons (Fsp3) is 0.900. The molecule has 82 valence electrons. The van der Waals surface area contributed by atoms with E-state index in [2.05, 4.69) is 10.6 Å². The van der Waals surface area contributed by atoms with Crippen molar-refractivity contribution in [1.29, 1.82) is 0 Å². The summed E-state index contributed by atoms with van der Waals surface area (Å²) in [5.74, 6) is 0.675. The second kappa shape index (κ2) is 5.98. The van der Waals surface area contributed by atoms with E-state index < -0.39 is 0 Å². The molecule has 1 amide bonds. The van der Waals surface area contributed by atoms with Gasteiger partial charge in [0.15, 0.2) is 0 Å². The van der Waals surface area contributed by atoms with E-state index >= 15 is 0 Å². The average Bonchev–Trinajstić information content (AvgIpc) is 2.05. The van der Waals surface area contributed by atoms with Gasteiger partial charge in [0.25, 0.3) is 0 Å². The number of hydrogen-bond donors (Lipinski definition) is 3. The third-order valence-corrected chi connectivity index (χ3v) is 2.46. The second-order valence-electron chi connectivity index (χ2n) is 4.07. The Morgan fingerprint density at radius 3 is 2.86 bits per heavy atom. The minimum Gasteiger partial charge on any atom is -0.393 e. The molecule has 0 radical (unpaired) electrons. The van der Waals surface area contributed by atoms with Crippen molar-refractivity contribution in [2.24, 2.45) is 5.92 Å². The van der Waals surface area contributed by atoms with Crippen molar-refractivity contribution in [2.75, 3.05) is 19.6 Å². The maximum Gasteiger partial charge on any atom is 0.220 e. The molecule has 1 aliphatic rings. The standard InChI is InChI=1S/C10H20N2O2/c1-8(13)3-2-4-12-10(14)5-9-6-11-7-9/h8-9,11,13H,2-7H2,1H3,(H,12,14). The van der Waals surface area contributed by atoms with E-state index in [1.807, 2.05) is 0 Å². The number of rotatable bonds is 6. The first-order chi connectivity index (χ1) is 6.68. The minimum absolute atomic E-state index is 0.141. The van der Waals surface area contributed by atoms with Gasteiger partial charge in [0, 0.05) is 13.0 Å². The first-order valence-corrected chi connectivity index (χ1v) is 5.34. The molecule has 0 saturated carbocycles. The lowest BCUT2D eigenvalue weighted by atomic mass is 9.99. The Hall–Kier alpha value is -0.610. The smallest absolute Gasteiger partial charge is 0.220 e. The molecule has 0 aromatic carbocycles. The third kappa shape index (κ3) is 4.58. The van der Waals surface area contributed by atoms with Crippen LogP contribution >= 0.6 is 0 Å². The van der Waals surface area contributed by atoms with Crippen LogP contribution < -0.4 is 10.6 Å². The van der Waals surface area contributed by atoms with Crippen molar-refractivity contribution in [1.82, 2.24) is 10.6 Å². The third-order valence-electron chi connectivity index (χ3n) is 2.46. The molecule has 0 aliphatic carbocycles. The second-order valence-corrected chi connectivity index (χ2v) is 4.07. The summed E-state index contributed by atoms with van der Waals surface area (Å²) in [5, 5.41) is 15.0. The van der Waals surface area contributed by atoms with E-state index in [9.17, 15) is 4.79 Å². The van der Waals surface area contributed by atoms with Crippen LogP contribution in [-0.4, -0.2) is 36.8 Å². The topological polar surface area (TPSA) is 61.4 Å². The molecule has 4 heteroatoms. The maximum atomic E-state index is 11.3. The monoisotopic (exact) mass is 200 g/mol. The molecule has 0 aromatic rings. The van der Waals surface area contributed by atoms with Crippen LogP contribution in [0.1, 0.15) is 26.2 Å². The average molecular weight is 200 g/mol. The summed E-state index contributed by atoms with van der Waals surface area (Å²) >= 11 is 0. The van der Waals surface area contributed by atoms with E-state index in [0.717, 1.165) is 25.9 Å². The molecule has 1 atom stereocenters. The van der Waals surface area contributed by atoms with Gasteiger partial charge in [0.05, 0.1) is 6.10 Å². The Balaban J connectivity index is 1.92. The summed E-state index contributed by atoms with van der Waals surface area (Å²) < 4.78 is 0. The highest BCUT2D eigenvalue weighted by atomic mass is 16.3. The van der Waals surface area contributed by atoms with Gasteiger partial charge < -0.3 is 15.7 Å². The number of carbonyl (C=O) groups excluding carboxylic acids is 1. The summed E-state index contributed by atoms with van der Waals surface area (Å²) in [6, 6.07) is 0. The van der Waals surface area contributed by atoms with E-state index in [4.69, 9.17) is 5.11 Å². The predicted molar refractivity (Wildman–Crippen MR) is 54.9 cm³/mol. The number of nitrogens with one attached hydrogen (secondary N) is 2. The maximum absolute atomic E-state index is 11.3. The van der Waals surface area contributed by atoms with Crippen molar-refractivity contribution < 1.29 is 9.90 Å². The van der Waals surface area contributed by atoms with Crippen LogP contribution in [0.2, 0.25) is 0 Å². The Bertz CT molecular complexity index is 179. The lowest BCUT2D eigenvalue weighted by molar-refractivity contribution is -0.122. The highest BCUT2D eigenvalue weighted by Gasteiger charge is 2.19. The van der Waals surface area contributed by atoms with Crippen molar-refractivity contribution in [3.63, 3.8) is 0 Å². The van der Waals surface area contributed by atoms with Crippen molar-refractivity contribution in [3.8, 4) is 0 Å². The molecular weight excluding hydrogens is 180 g/mol. The van der Waals surface area contributed by atoms with Gasteiger partial charge in [0.1, 0.15) is 0 Å². The lowest BCUT2D eigenvalue weighted by Gasteiger charge is -2.26. The summed E-state index contributed by atoms with van der Waals surface area (Å²) in [4.78, 5) is 11.3. The van der Waals surface area contributed by atoms with Crippen LogP contribution in [0.3, 0.4) is 0 Å². The lowest BCUT2D eigenvalue weighted by Crippen LogP contribution is -2.44. The zero-order valence-corrected chi connectivity index (χ0v) is 8.75. The van der Waals surface area contributed by atoms with Gasteiger partial charge >= 0.3 is 0 Å². The van der Waals surface area contributed by atoms with Crippen LogP contribution in [0.5, 0.6) is 0 Å². The molecule has 0 spiro atoms. The van der Waals surface area contributed by atoms with Gasteiger partial charge in [0.2, 0.25) is 5.91 Å². The fourth-order valence-electron chi connectivity index (χ4n) is 1.45. The Labute approximate surface area is 85.1 Å². The zero-order chi connectivity index (χ0) is 10.4. The molecule has 1 saturated heterocycles. The first kappa shape index (κ1) is 11.5. The Morgan fingerprint density at radius 2 is 2.36 bits per heavy atom. The molecule has 1 heterocycles. The first-order valence-electron chi connectivity index (χ1n) is 5.34. The highest BCUT2D eigenvalue weighted by Crippen LogP contribution is 2.07. The normalized spacial score (nSPS) is 18.7. The van der Waals surface area contributed by atoms with E-state index in [0.29, 0.717) is 18.9 Å². The van der Waals surface area contributed by atoms with E-state index in [1.54, 1.807) is 6.92 Å². The van der Waals surface area contributed by atoms with Crippen molar-refractivity contribution in [2.45, 2.75) is 32.3 Å². The predicted octanol–water partition coefficient (Wildman–Crippen LogP) is -0.127. The van der Waals surface area contributed by atoms with Crippen LogP contribution in [0, 0.1) is 5.92 Å². The molecule has 1 rings (SSSR count). The molecule has 0 aromatic heterocycles. The number of amides is 1. The van der Waals surface area contributed by atoms with E-state index in [-0.39, 0.29) is 12.0 Å². The summed E-state index contributed by atoms with van der Waals surface area (Å²) in [6.07, 6.45) is 1.99. The molecule has 1 unspecified atom stereocenters. The molecule has 1 fully saturated rings. The molecule has 14 heavy (non-hydrogen) atoms. The minimum atomic E-state index is -0.261.